The first-order chi connectivity index (χ1) is 61.5. The van der Waals surface area contributed by atoms with Gasteiger partial charge in [-0.25, -0.2) is 19.9 Å². The van der Waals surface area contributed by atoms with Crippen LogP contribution in [-0.4, -0.2) is 43.6 Å². The van der Waals surface area contributed by atoms with E-state index in [1.54, 1.807) is 0 Å². The molecule has 0 fully saturated rings. The highest BCUT2D eigenvalue weighted by molar-refractivity contribution is 7.27. The van der Waals surface area contributed by atoms with Gasteiger partial charge in [-0.1, -0.05) is 273 Å². The lowest BCUT2D eigenvalue weighted by atomic mass is 9.99. The summed E-state index contributed by atoms with van der Waals surface area (Å²) in [5.74, 6) is 1.45. The van der Waals surface area contributed by atoms with Crippen LogP contribution in [0, 0.1) is 0 Å². The average Bonchev–Trinajstić information content (AvgIpc) is 1.57. The highest BCUT2D eigenvalue weighted by Crippen LogP contribution is 2.48. The summed E-state index contributed by atoms with van der Waals surface area (Å²) in [7, 11) is 0. The third kappa shape index (κ3) is 12.4. The Morgan fingerprint density at radius 3 is 1.17 bits per heavy atom. The number of nitrogens with zero attached hydrogens (tertiary/aromatic N) is 9. The molecule has 12 heteroatoms. The third-order valence-electron chi connectivity index (χ3n) is 24.0. The first-order valence-corrected chi connectivity index (χ1v) is 44.0. The predicted molar refractivity (Wildman–Crippen MR) is 523 cm³/mol. The van der Waals surface area contributed by atoms with E-state index in [1.165, 1.54) is 126 Å². The molecule has 0 N–H and O–H groups in total. The number of pyridine rings is 2. The zero-order valence-corrected chi connectivity index (χ0v) is 69.0. The lowest BCUT2D eigenvalue weighted by Crippen LogP contribution is -1.97. The van der Waals surface area contributed by atoms with Gasteiger partial charge in [-0.3, -0.25) is 9.97 Å². The largest absolute Gasteiger partial charge is 0.309 e. The van der Waals surface area contributed by atoms with Crippen LogP contribution in [0.5, 0.6) is 0 Å². The fraction of sp³-hybridized carbons (Fsp3) is 0. The molecule has 0 saturated carbocycles. The van der Waals surface area contributed by atoms with Gasteiger partial charge in [-0.2, -0.15) is 0 Å². The predicted octanol–water partition coefficient (Wildman–Crippen LogP) is 30.6. The second-order valence-corrected chi connectivity index (χ2v) is 34.4. The first kappa shape index (κ1) is 72.3. The second-order valence-electron chi connectivity index (χ2n) is 31.2. The number of hydrogen-bond donors (Lipinski definition) is 0. The van der Waals surface area contributed by atoms with Crippen LogP contribution in [0.4, 0.5) is 0 Å². The standard InChI is InChI=1S/C40H25N3S.C38H23N3S.C34H21N3S/c1-3-11-26(12-4-1)34-25-35(27-13-5-2-6-14-27)42-40(41-34)28-19-21-29(22-20-28)43-36-17-9-7-15-30(36)32-23-24-33-31-16-8-10-18-37(31)44-39(33)38(32)43;1-2-11-24(12-3-1)38-39-31-18-7-4-16-29(31)36(40-38)25-13-10-14-26(23-25)41-32-19-8-5-15-27(32)28-21-22-34-35(37(28)41)30-17-6-9-20-33(30)42-34;1-3-11-31-27(9-1)29-13-14-30-28-10-2-4-12-32(28)38-34(30)33(29)37(31)26-18-24(22-7-5-15-35-20-22)17-25(19-26)23-8-6-16-36-21-23/h1-25H;1-23H;1-21H. The molecule has 16 aromatic carbocycles. The molecule has 0 amide bonds. The van der Waals surface area contributed by atoms with Gasteiger partial charge in [0.25, 0.3) is 0 Å². The lowest BCUT2D eigenvalue weighted by molar-refractivity contribution is 1.17. The van der Waals surface area contributed by atoms with Crippen molar-refractivity contribution < 1.29 is 0 Å². The van der Waals surface area contributed by atoms with E-state index in [1.807, 2.05) is 132 Å². The quantitative estimate of drug-likeness (QED) is 0.135. The third-order valence-corrected chi connectivity index (χ3v) is 27.5. The van der Waals surface area contributed by atoms with E-state index >= 15 is 0 Å². The highest BCUT2D eigenvalue weighted by atomic mass is 32.1. The zero-order chi connectivity index (χ0) is 81.7. The van der Waals surface area contributed by atoms with E-state index in [4.69, 9.17) is 19.9 Å². The number of thiophene rings is 3. The summed E-state index contributed by atoms with van der Waals surface area (Å²) in [4.78, 5) is 29.0. The van der Waals surface area contributed by atoms with Crippen LogP contribution in [0.15, 0.2) is 419 Å². The van der Waals surface area contributed by atoms with Crippen LogP contribution >= 0.6 is 34.0 Å². The summed E-state index contributed by atoms with van der Waals surface area (Å²) in [5.41, 5.74) is 24.1. The van der Waals surface area contributed by atoms with Gasteiger partial charge in [0.2, 0.25) is 0 Å². The number of hydrogen-bond acceptors (Lipinski definition) is 9. The van der Waals surface area contributed by atoms with Crippen LogP contribution < -0.4 is 0 Å². The minimum absolute atomic E-state index is 0.714. The molecule has 580 valence electrons. The summed E-state index contributed by atoms with van der Waals surface area (Å²) in [6.07, 6.45) is 7.51. The maximum atomic E-state index is 5.15. The molecule has 0 radical (unpaired) electrons. The molecular formula is C112H69N9S3. The van der Waals surface area contributed by atoms with Gasteiger partial charge in [0.05, 0.1) is 65.1 Å². The Bertz CT molecular complexity index is 8560. The van der Waals surface area contributed by atoms with E-state index in [2.05, 4.69) is 345 Å². The Morgan fingerprint density at radius 1 is 0.210 bits per heavy atom. The van der Waals surface area contributed by atoms with Crippen molar-refractivity contribution in [3.63, 3.8) is 0 Å². The summed E-state index contributed by atoms with van der Waals surface area (Å²) in [6.45, 7) is 0. The lowest BCUT2D eigenvalue weighted by Gasteiger charge is -2.14. The molecule has 0 aliphatic carbocycles. The van der Waals surface area contributed by atoms with Crippen LogP contribution in [0.25, 0.3) is 233 Å². The molecule has 10 aromatic heterocycles. The molecular weight excluding hydrogens is 1570 g/mol. The van der Waals surface area contributed by atoms with Gasteiger partial charge in [-0.15, -0.1) is 34.0 Å². The Kier molecular flexibility index (Phi) is 17.6. The maximum Gasteiger partial charge on any atom is 0.160 e. The van der Waals surface area contributed by atoms with Crippen LogP contribution in [0.3, 0.4) is 0 Å². The Balaban J connectivity index is 0.000000105. The first-order valence-electron chi connectivity index (χ1n) is 41.5. The van der Waals surface area contributed by atoms with Crippen molar-refractivity contribution in [1.29, 1.82) is 0 Å². The highest BCUT2D eigenvalue weighted by Gasteiger charge is 2.24. The van der Waals surface area contributed by atoms with Crippen molar-refractivity contribution in [2.24, 2.45) is 0 Å². The van der Waals surface area contributed by atoms with E-state index in [0.717, 1.165) is 101 Å². The molecule has 10 heterocycles. The monoisotopic (exact) mass is 1640 g/mol. The number of aromatic nitrogens is 9. The summed E-state index contributed by atoms with van der Waals surface area (Å²) in [6, 6.07) is 140. The molecule has 0 atom stereocenters. The number of para-hydroxylation sites is 4. The van der Waals surface area contributed by atoms with E-state index < -0.39 is 0 Å². The fourth-order valence-corrected chi connectivity index (χ4v) is 21.9. The molecule has 26 rings (SSSR count). The van der Waals surface area contributed by atoms with Gasteiger partial charge in [0.15, 0.2) is 11.6 Å². The number of fused-ring (bicyclic) bond motifs is 22. The molecule has 0 unspecified atom stereocenters. The van der Waals surface area contributed by atoms with Crippen molar-refractivity contribution in [2.75, 3.05) is 0 Å². The van der Waals surface area contributed by atoms with E-state index in [0.29, 0.717) is 5.82 Å². The smallest absolute Gasteiger partial charge is 0.160 e. The van der Waals surface area contributed by atoms with Crippen molar-refractivity contribution in [2.45, 2.75) is 0 Å². The zero-order valence-electron chi connectivity index (χ0n) is 66.6. The van der Waals surface area contributed by atoms with Gasteiger partial charge >= 0.3 is 0 Å². The van der Waals surface area contributed by atoms with Crippen LogP contribution in [0.1, 0.15) is 0 Å². The minimum Gasteiger partial charge on any atom is -0.309 e. The molecule has 0 saturated heterocycles. The summed E-state index contributed by atoms with van der Waals surface area (Å²) >= 11 is 5.61. The second kappa shape index (κ2) is 30.2. The van der Waals surface area contributed by atoms with Crippen molar-refractivity contribution in [3.05, 3.63) is 419 Å². The minimum atomic E-state index is 0.714. The molecule has 0 bridgehead atoms. The van der Waals surface area contributed by atoms with Gasteiger partial charge in [0.1, 0.15) is 0 Å². The summed E-state index contributed by atoms with van der Waals surface area (Å²) in [5, 5.41) is 16.5. The number of rotatable bonds is 10. The normalized spacial score (nSPS) is 11.7. The molecule has 0 aliphatic heterocycles. The Labute approximate surface area is 723 Å². The van der Waals surface area contributed by atoms with Crippen molar-refractivity contribution in [3.8, 4) is 95.9 Å². The SMILES string of the molecule is c1ccc(-c2cc(-c3ccccc3)nc(-c3ccc(-n4c5ccccc5c5ccc6c7ccccc7sc6c54)cc3)n2)cc1.c1ccc(-c2nc(-c3cccc(-n4c5ccccc5c5ccc6sc7ccccc7c6c54)c3)c3ccccc3n2)cc1.c1cncc(-c2cc(-c3cccnc3)cc(-n3c4ccccc4c4ccc5c6ccccc6sc5c43)c2)c1. The molecule has 0 spiro atoms. The van der Waals surface area contributed by atoms with E-state index in [-0.39, 0.29) is 0 Å². The average molecular weight is 1640 g/mol. The molecule has 0 aliphatic rings. The topological polar surface area (TPSA) is 92.1 Å². The van der Waals surface area contributed by atoms with Crippen molar-refractivity contribution in [1.82, 2.24) is 43.6 Å². The number of benzene rings is 16. The van der Waals surface area contributed by atoms with Gasteiger partial charge < -0.3 is 13.7 Å². The van der Waals surface area contributed by atoms with E-state index in [9.17, 15) is 0 Å². The van der Waals surface area contributed by atoms with Gasteiger partial charge in [0, 0.05) is 170 Å². The maximum absolute atomic E-state index is 5.15. The van der Waals surface area contributed by atoms with Crippen LogP contribution in [-0.2, 0) is 0 Å². The molecule has 124 heavy (non-hydrogen) atoms. The summed E-state index contributed by atoms with van der Waals surface area (Å²) < 4.78 is 15.2. The van der Waals surface area contributed by atoms with Crippen molar-refractivity contribution >= 4 is 171 Å². The molecule has 26 aromatic rings. The molecule has 9 nitrogen and oxygen atoms in total. The Morgan fingerprint density at radius 2 is 0.621 bits per heavy atom. The fourth-order valence-electron chi connectivity index (χ4n) is 18.3. The van der Waals surface area contributed by atoms with Crippen LogP contribution in [0.2, 0.25) is 0 Å². The Hall–Kier alpha value is -15.7. The van der Waals surface area contributed by atoms with Gasteiger partial charge in [-0.05, 0) is 132 Å².